The van der Waals surface area contributed by atoms with Crippen LogP contribution in [0.3, 0.4) is 0 Å². The summed E-state index contributed by atoms with van der Waals surface area (Å²) in [7, 11) is 1.77. The lowest BCUT2D eigenvalue weighted by atomic mass is 10.2. The van der Waals surface area contributed by atoms with E-state index in [9.17, 15) is 4.79 Å². The van der Waals surface area contributed by atoms with E-state index in [0.717, 1.165) is 22.2 Å². The maximum atomic E-state index is 12.5. The Morgan fingerprint density at radius 2 is 2.19 bits per heavy atom. The molecule has 5 heteroatoms. The first-order valence-corrected chi connectivity index (χ1v) is 6.72. The summed E-state index contributed by atoms with van der Waals surface area (Å²) < 4.78 is 5.25. The Bertz CT molecular complexity index is 801. The van der Waals surface area contributed by atoms with E-state index in [0.29, 0.717) is 17.9 Å². The number of amides is 1. The number of rotatable bonds is 3. The lowest BCUT2D eigenvalue weighted by Gasteiger charge is -2.15. The summed E-state index contributed by atoms with van der Waals surface area (Å²) in [6, 6.07) is 9.32. The van der Waals surface area contributed by atoms with E-state index in [-0.39, 0.29) is 5.91 Å². The molecule has 0 unspecified atom stereocenters. The molecule has 0 fully saturated rings. The van der Waals surface area contributed by atoms with Gasteiger partial charge in [0.1, 0.15) is 11.5 Å². The molecule has 2 aromatic heterocycles. The molecule has 1 amide bonds. The third kappa shape index (κ3) is 2.38. The minimum Gasteiger partial charge on any atom is -0.469 e. The fourth-order valence-electron chi connectivity index (χ4n) is 2.40. The van der Waals surface area contributed by atoms with Crippen LogP contribution >= 0.6 is 0 Å². The summed E-state index contributed by atoms with van der Waals surface area (Å²) in [5.41, 5.74) is 8.88. The van der Waals surface area contributed by atoms with Crippen LogP contribution in [0.4, 0.5) is 5.69 Å². The molecule has 0 aliphatic heterocycles. The van der Waals surface area contributed by atoms with Crippen molar-refractivity contribution in [3.8, 4) is 0 Å². The molecule has 0 saturated heterocycles. The van der Waals surface area contributed by atoms with E-state index in [4.69, 9.17) is 10.2 Å². The molecule has 3 aromatic rings. The van der Waals surface area contributed by atoms with Crippen LogP contribution < -0.4 is 5.73 Å². The van der Waals surface area contributed by atoms with Gasteiger partial charge in [0.2, 0.25) is 0 Å². The van der Waals surface area contributed by atoms with Crippen LogP contribution in [0.1, 0.15) is 21.8 Å². The number of carbonyl (C=O) groups excluding carboxylic acids is 1. The third-order valence-electron chi connectivity index (χ3n) is 3.64. The number of nitrogens with two attached hydrogens (primary N) is 1. The van der Waals surface area contributed by atoms with Crippen LogP contribution in [0.25, 0.3) is 10.9 Å². The van der Waals surface area contributed by atoms with Crippen molar-refractivity contribution in [2.45, 2.75) is 13.5 Å². The molecule has 2 heterocycles. The van der Waals surface area contributed by atoms with Crippen molar-refractivity contribution in [1.29, 1.82) is 0 Å². The van der Waals surface area contributed by atoms with Gasteiger partial charge < -0.3 is 20.0 Å². The maximum absolute atomic E-state index is 12.5. The molecule has 1 aromatic carbocycles. The largest absolute Gasteiger partial charge is 0.469 e. The highest BCUT2D eigenvalue weighted by Gasteiger charge is 2.16. The number of para-hydroxylation sites is 1. The lowest BCUT2D eigenvalue weighted by molar-refractivity contribution is 0.0780. The molecule has 3 N–H and O–H groups in total. The second-order valence-corrected chi connectivity index (χ2v) is 5.16. The van der Waals surface area contributed by atoms with Crippen molar-refractivity contribution < 1.29 is 9.21 Å². The number of fused-ring (bicyclic) bond motifs is 1. The molecule has 0 aliphatic rings. The number of aromatic amines is 1. The Labute approximate surface area is 122 Å². The number of anilines is 1. The molecule has 0 atom stereocenters. The molecule has 3 rings (SSSR count). The first-order valence-electron chi connectivity index (χ1n) is 6.72. The molecule has 21 heavy (non-hydrogen) atoms. The van der Waals surface area contributed by atoms with Crippen molar-refractivity contribution in [1.82, 2.24) is 9.88 Å². The zero-order valence-corrected chi connectivity index (χ0v) is 12.0. The Morgan fingerprint density at radius 3 is 2.86 bits per heavy atom. The first-order chi connectivity index (χ1) is 10.1. The number of nitrogen functional groups attached to an aromatic ring is 1. The Morgan fingerprint density at radius 1 is 1.38 bits per heavy atom. The van der Waals surface area contributed by atoms with E-state index in [1.807, 2.05) is 37.3 Å². The van der Waals surface area contributed by atoms with Crippen LogP contribution in [-0.4, -0.2) is 22.8 Å². The number of aromatic nitrogens is 1. The Balaban J connectivity index is 1.86. The normalized spacial score (nSPS) is 11.0. The Hall–Kier alpha value is -2.69. The minimum absolute atomic E-state index is 0.0776. The summed E-state index contributed by atoms with van der Waals surface area (Å²) in [5, 5.41) is 0.936. The number of furan rings is 1. The molecular formula is C16H17N3O2. The second kappa shape index (κ2) is 5.01. The second-order valence-electron chi connectivity index (χ2n) is 5.16. The summed E-state index contributed by atoms with van der Waals surface area (Å²) >= 11 is 0. The summed E-state index contributed by atoms with van der Waals surface area (Å²) in [5.74, 6) is 0.752. The molecule has 0 radical (unpaired) electrons. The van der Waals surface area contributed by atoms with Gasteiger partial charge in [-0.05, 0) is 25.1 Å². The number of hydrogen-bond acceptors (Lipinski definition) is 3. The van der Waals surface area contributed by atoms with Crippen molar-refractivity contribution in [3.05, 3.63) is 53.6 Å². The van der Waals surface area contributed by atoms with Crippen molar-refractivity contribution in [2.24, 2.45) is 0 Å². The summed E-state index contributed by atoms with van der Waals surface area (Å²) in [4.78, 5) is 17.2. The van der Waals surface area contributed by atoms with E-state index < -0.39 is 0 Å². The first kappa shape index (κ1) is 13.3. The molecule has 108 valence electrons. The summed E-state index contributed by atoms with van der Waals surface area (Å²) in [6.07, 6.45) is 1.63. The van der Waals surface area contributed by atoms with Gasteiger partial charge in [0, 0.05) is 24.5 Å². The number of carbonyl (C=O) groups is 1. The summed E-state index contributed by atoms with van der Waals surface area (Å²) in [6.45, 7) is 2.39. The van der Waals surface area contributed by atoms with Crippen LogP contribution in [0.5, 0.6) is 0 Å². The predicted octanol–water partition coefficient (Wildman–Crippen LogP) is 2.92. The minimum atomic E-state index is -0.0776. The number of aryl methyl sites for hydroxylation is 1. The molecule has 0 aliphatic carbocycles. The average molecular weight is 283 g/mol. The topological polar surface area (TPSA) is 75.3 Å². The van der Waals surface area contributed by atoms with Crippen LogP contribution in [0.2, 0.25) is 0 Å². The highest BCUT2D eigenvalue weighted by atomic mass is 16.3. The molecule has 0 spiro atoms. The molecule has 0 bridgehead atoms. The van der Waals surface area contributed by atoms with Gasteiger partial charge in [-0.15, -0.1) is 0 Å². The fourth-order valence-corrected chi connectivity index (χ4v) is 2.40. The highest BCUT2D eigenvalue weighted by molar-refractivity contribution is 6.00. The zero-order chi connectivity index (χ0) is 15.0. The van der Waals surface area contributed by atoms with Crippen molar-refractivity contribution >= 4 is 22.5 Å². The van der Waals surface area contributed by atoms with Crippen molar-refractivity contribution in [3.63, 3.8) is 0 Å². The standard InChI is InChI=1S/C16H17N3O2/c1-10-12(6-7-21-10)9-19(2)16(20)14-8-11-4-3-5-13(17)15(11)18-14/h3-8,18H,9,17H2,1-2H3. The van der Waals surface area contributed by atoms with Gasteiger partial charge in [-0.3, -0.25) is 4.79 Å². The van der Waals surface area contributed by atoms with E-state index >= 15 is 0 Å². The van der Waals surface area contributed by atoms with Gasteiger partial charge in [-0.2, -0.15) is 0 Å². The number of hydrogen-bond donors (Lipinski definition) is 2. The quantitative estimate of drug-likeness (QED) is 0.726. The van der Waals surface area contributed by atoms with E-state index in [1.165, 1.54) is 0 Å². The zero-order valence-electron chi connectivity index (χ0n) is 12.0. The highest BCUT2D eigenvalue weighted by Crippen LogP contribution is 2.22. The monoisotopic (exact) mass is 283 g/mol. The van der Waals surface area contributed by atoms with Gasteiger partial charge in [-0.25, -0.2) is 0 Å². The van der Waals surface area contributed by atoms with Crippen LogP contribution in [0.15, 0.2) is 41.0 Å². The average Bonchev–Trinajstić information content (AvgIpc) is 3.06. The van der Waals surface area contributed by atoms with Gasteiger partial charge in [0.25, 0.3) is 5.91 Å². The van der Waals surface area contributed by atoms with Gasteiger partial charge >= 0.3 is 0 Å². The smallest absolute Gasteiger partial charge is 0.270 e. The SMILES string of the molecule is Cc1occc1CN(C)C(=O)c1cc2cccc(N)c2[nH]1. The molecule has 5 nitrogen and oxygen atoms in total. The molecule has 0 saturated carbocycles. The van der Waals surface area contributed by atoms with Crippen LogP contribution in [0, 0.1) is 6.92 Å². The number of nitrogens with zero attached hydrogens (tertiary/aromatic N) is 1. The molecular weight excluding hydrogens is 266 g/mol. The van der Waals surface area contributed by atoms with E-state index in [2.05, 4.69) is 4.98 Å². The van der Waals surface area contributed by atoms with Gasteiger partial charge in [0.05, 0.1) is 17.5 Å². The number of nitrogens with one attached hydrogen (secondary N) is 1. The van der Waals surface area contributed by atoms with Gasteiger partial charge in [0.15, 0.2) is 0 Å². The Kier molecular flexibility index (Phi) is 3.17. The lowest BCUT2D eigenvalue weighted by Crippen LogP contribution is -2.26. The van der Waals surface area contributed by atoms with Crippen LogP contribution in [-0.2, 0) is 6.54 Å². The third-order valence-corrected chi connectivity index (χ3v) is 3.64. The number of benzene rings is 1. The number of H-pyrrole nitrogens is 1. The predicted molar refractivity (Wildman–Crippen MR) is 82.0 cm³/mol. The van der Waals surface area contributed by atoms with Gasteiger partial charge in [-0.1, -0.05) is 12.1 Å². The van der Waals surface area contributed by atoms with Crippen molar-refractivity contribution in [2.75, 3.05) is 12.8 Å². The maximum Gasteiger partial charge on any atom is 0.270 e. The van der Waals surface area contributed by atoms with E-state index in [1.54, 1.807) is 18.2 Å². The fraction of sp³-hybridized carbons (Fsp3) is 0.188.